The van der Waals surface area contributed by atoms with Gasteiger partial charge in [-0.2, -0.15) is 5.10 Å². The van der Waals surface area contributed by atoms with Crippen molar-refractivity contribution in [1.82, 2.24) is 20.0 Å². The molecule has 1 fully saturated rings. The molecule has 1 atom stereocenters. The summed E-state index contributed by atoms with van der Waals surface area (Å²) < 4.78 is 2.02. The van der Waals surface area contributed by atoms with Crippen molar-refractivity contribution < 1.29 is 0 Å². The van der Waals surface area contributed by atoms with Gasteiger partial charge in [0.15, 0.2) is 0 Å². The summed E-state index contributed by atoms with van der Waals surface area (Å²) in [5, 5.41) is 7.79. The van der Waals surface area contributed by atoms with Gasteiger partial charge in [-0.1, -0.05) is 6.92 Å². The van der Waals surface area contributed by atoms with Crippen LogP contribution < -0.4 is 5.32 Å². The number of hydrogen-bond donors (Lipinski definition) is 1. The van der Waals surface area contributed by atoms with Gasteiger partial charge >= 0.3 is 0 Å². The molecule has 0 saturated carbocycles. The molecule has 4 heteroatoms. The normalized spacial score (nSPS) is 21.8. The van der Waals surface area contributed by atoms with Crippen LogP contribution in [0.5, 0.6) is 0 Å². The van der Waals surface area contributed by atoms with E-state index in [1.807, 2.05) is 23.1 Å². The van der Waals surface area contributed by atoms with Gasteiger partial charge in [-0.3, -0.25) is 4.68 Å². The number of likely N-dealkylation sites (N-methyl/N-ethyl adjacent to an activating group) is 1. The Labute approximate surface area is 104 Å². The van der Waals surface area contributed by atoms with E-state index in [0.29, 0.717) is 6.04 Å². The molecule has 0 radical (unpaired) electrons. The molecule has 0 spiro atoms. The van der Waals surface area contributed by atoms with E-state index in [0.717, 1.165) is 13.1 Å². The highest BCUT2D eigenvalue weighted by Crippen LogP contribution is 2.10. The zero-order valence-electron chi connectivity index (χ0n) is 10.8. The minimum atomic E-state index is 0.707. The van der Waals surface area contributed by atoms with Crippen LogP contribution in [0.1, 0.15) is 26.2 Å². The Morgan fingerprint density at radius 3 is 3.12 bits per heavy atom. The van der Waals surface area contributed by atoms with Crippen molar-refractivity contribution >= 4 is 0 Å². The van der Waals surface area contributed by atoms with Crippen molar-refractivity contribution in [2.45, 2.75) is 38.8 Å². The van der Waals surface area contributed by atoms with Gasteiger partial charge in [0.2, 0.25) is 0 Å². The summed E-state index contributed by atoms with van der Waals surface area (Å²) >= 11 is 0. The van der Waals surface area contributed by atoms with Crippen LogP contribution in [0, 0.1) is 0 Å². The summed E-state index contributed by atoms with van der Waals surface area (Å²) in [7, 11) is 0. The summed E-state index contributed by atoms with van der Waals surface area (Å²) in [5.41, 5.74) is 0. The molecule has 2 rings (SSSR count). The Bertz CT molecular complexity index is 294. The number of rotatable bonds is 6. The largest absolute Gasteiger partial charge is 0.313 e. The number of nitrogens with one attached hydrogen (secondary N) is 1. The van der Waals surface area contributed by atoms with Gasteiger partial charge in [-0.15, -0.1) is 0 Å². The fourth-order valence-electron chi connectivity index (χ4n) is 2.60. The zero-order chi connectivity index (χ0) is 11.9. The fourth-order valence-corrected chi connectivity index (χ4v) is 2.60. The predicted octanol–water partition coefficient (Wildman–Crippen LogP) is 1.35. The van der Waals surface area contributed by atoms with Crippen molar-refractivity contribution in [3.8, 4) is 0 Å². The van der Waals surface area contributed by atoms with Crippen LogP contribution in [0.3, 0.4) is 0 Å². The smallest absolute Gasteiger partial charge is 0.0489 e. The molecular weight excluding hydrogens is 212 g/mol. The first-order chi connectivity index (χ1) is 8.38. The van der Waals surface area contributed by atoms with E-state index in [1.165, 1.54) is 38.9 Å². The monoisotopic (exact) mass is 236 g/mol. The Balaban J connectivity index is 1.65. The standard InChI is InChI=1S/C13H24N4/c1-2-14-13-6-3-8-16(12-13)9-5-11-17-10-4-7-15-17/h4,7,10,13-14H,2-3,5-6,8-9,11-12H2,1H3. The van der Waals surface area contributed by atoms with Gasteiger partial charge in [0.1, 0.15) is 0 Å². The molecule has 0 amide bonds. The topological polar surface area (TPSA) is 33.1 Å². The average Bonchev–Trinajstić information content (AvgIpc) is 2.83. The molecule has 0 aliphatic carbocycles. The maximum Gasteiger partial charge on any atom is 0.0489 e. The Morgan fingerprint density at radius 1 is 1.41 bits per heavy atom. The van der Waals surface area contributed by atoms with Gasteiger partial charge in [0.25, 0.3) is 0 Å². The summed E-state index contributed by atoms with van der Waals surface area (Å²) in [6, 6.07) is 2.70. The van der Waals surface area contributed by atoms with Gasteiger partial charge in [-0.05, 0) is 45.0 Å². The number of piperidine rings is 1. The number of nitrogens with zero attached hydrogens (tertiary/aromatic N) is 3. The van der Waals surface area contributed by atoms with Crippen LogP contribution in [0.25, 0.3) is 0 Å². The molecule has 1 aromatic heterocycles. The van der Waals surface area contributed by atoms with E-state index in [-0.39, 0.29) is 0 Å². The van der Waals surface area contributed by atoms with E-state index in [9.17, 15) is 0 Å². The van der Waals surface area contributed by atoms with Crippen LogP contribution in [-0.4, -0.2) is 46.9 Å². The average molecular weight is 236 g/mol. The van der Waals surface area contributed by atoms with Crippen molar-refractivity contribution in [3.63, 3.8) is 0 Å². The van der Waals surface area contributed by atoms with Crippen LogP contribution in [0.4, 0.5) is 0 Å². The van der Waals surface area contributed by atoms with Gasteiger partial charge in [0, 0.05) is 31.5 Å². The maximum absolute atomic E-state index is 4.23. The molecule has 96 valence electrons. The summed E-state index contributed by atoms with van der Waals surface area (Å²) in [6.45, 7) is 7.99. The molecule has 4 nitrogen and oxygen atoms in total. The van der Waals surface area contributed by atoms with E-state index < -0.39 is 0 Å². The van der Waals surface area contributed by atoms with Crippen LogP contribution in [0.2, 0.25) is 0 Å². The Hall–Kier alpha value is -0.870. The quantitative estimate of drug-likeness (QED) is 0.809. The molecule has 1 saturated heterocycles. The lowest BCUT2D eigenvalue weighted by Crippen LogP contribution is -2.45. The zero-order valence-corrected chi connectivity index (χ0v) is 10.8. The highest BCUT2D eigenvalue weighted by Gasteiger charge is 2.18. The second kappa shape index (κ2) is 6.77. The van der Waals surface area contributed by atoms with Crippen LogP contribution in [0.15, 0.2) is 18.5 Å². The van der Waals surface area contributed by atoms with Crippen molar-refractivity contribution in [2.75, 3.05) is 26.2 Å². The third-order valence-electron chi connectivity index (χ3n) is 3.42. The molecule has 2 heterocycles. The van der Waals surface area contributed by atoms with Crippen molar-refractivity contribution in [2.24, 2.45) is 0 Å². The van der Waals surface area contributed by atoms with E-state index in [2.05, 4.69) is 22.2 Å². The highest BCUT2D eigenvalue weighted by atomic mass is 15.3. The molecule has 1 aliphatic heterocycles. The summed E-state index contributed by atoms with van der Waals surface area (Å²) in [6.07, 6.45) is 7.75. The number of hydrogen-bond acceptors (Lipinski definition) is 3. The van der Waals surface area contributed by atoms with Crippen molar-refractivity contribution in [1.29, 1.82) is 0 Å². The molecular formula is C13H24N4. The third kappa shape index (κ3) is 4.13. The summed E-state index contributed by atoms with van der Waals surface area (Å²) in [5.74, 6) is 0. The Morgan fingerprint density at radius 2 is 2.35 bits per heavy atom. The van der Waals surface area contributed by atoms with E-state index >= 15 is 0 Å². The maximum atomic E-state index is 4.23. The van der Waals surface area contributed by atoms with Crippen molar-refractivity contribution in [3.05, 3.63) is 18.5 Å². The SMILES string of the molecule is CCNC1CCCN(CCCn2cccn2)C1. The van der Waals surface area contributed by atoms with Gasteiger partial charge in [-0.25, -0.2) is 0 Å². The lowest BCUT2D eigenvalue weighted by Gasteiger charge is -2.33. The number of aromatic nitrogens is 2. The minimum Gasteiger partial charge on any atom is -0.313 e. The first-order valence-corrected chi connectivity index (χ1v) is 6.81. The molecule has 1 aliphatic rings. The second-order valence-electron chi connectivity index (χ2n) is 4.82. The van der Waals surface area contributed by atoms with E-state index in [1.54, 1.807) is 0 Å². The highest BCUT2D eigenvalue weighted by molar-refractivity contribution is 4.79. The molecule has 1 N–H and O–H groups in total. The number of aryl methyl sites for hydroxylation is 1. The minimum absolute atomic E-state index is 0.707. The lowest BCUT2D eigenvalue weighted by atomic mass is 10.1. The predicted molar refractivity (Wildman–Crippen MR) is 70.0 cm³/mol. The van der Waals surface area contributed by atoms with Gasteiger partial charge < -0.3 is 10.2 Å². The summed E-state index contributed by atoms with van der Waals surface area (Å²) in [4.78, 5) is 2.58. The Kier molecular flexibility index (Phi) is 5.01. The first-order valence-electron chi connectivity index (χ1n) is 6.81. The van der Waals surface area contributed by atoms with Crippen LogP contribution in [-0.2, 0) is 6.54 Å². The van der Waals surface area contributed by atoms with Crippen LogP contribution >= 0.6 is 0 Å². The second-order valence-corrected chi connectivity index (χ2v) is 4.82. The molecule has 0 aromatic carbocycles. The van der Waals surface area contributed by atoms with Gasteiger partial charge in [0.05, 0.1) is 0 Å². The molecule has 0 bridgehead atoms. The molecule has 17 heavy (non-hydrogen) atoms. The van der Waals surface area contributed by atoms with E-state index in [4.69, 9.17) is 0 Å². The first kappa shape index (κ1) is 12.6. The number of likely N-dealkylation sites (tertiary alicyclic amines) is 1. The fraction of sp³-hybridized carbons (Fsp3) is 0.769. The molecule has 1 aromatic rings. The lowest BCUT2D eigenvalue weighted by molar-refractivity contribution is 0.187. The third-order valence-corrected chi connectivity index (χ3v) is 3.42. The molecule has 1 unspecified atom stereocenters.